The first-order valence-corrected chi connectivity index (χ1v) is 19.6. The average molecular weight is 735 g/mol. The lowest BCUT2D eigenvalue weighted by Gasteiger charge is -2.34. The number of nitrogens with two attached hydrogens (primary N) is 1. The van der Waals surface area contributed by atoms with E-state index in [4.69, 9.17) is 24.7 Å². The van der Waals surface area contributed by atoms with Crippen LogP contribution in [0, 0.1) is 5.92 Å². The molecule has 1 aliphatic rings. The summed E-state index contributed by atoms with van der Waals surface area (Å²) in [7, 11) is 0. The number of allylic oxidation sites excluding steroid dienone is 1. The molecule has 4 N–H and O–H groups in total. The van der Waals surface area contributed by atoms with Crippen LogP contribution in [0.4, 0.5) is 4.39 Å². The second kappa shape index (κ2) is 23.6. The molecule has 0 aromatic heterocycles. The molecular weight excluding hydrogens is 667 g/mol. The Labute approximate surface area is 311 Å². The number of esters is 1. The highest BCUT2D eigenvalue weighted by Gasteiger charge is 2.49. The Kier molecular flexibility index (Phi) is 20.5. The van der Waals surface area contributed by atoms with Gasteiger partial charge in [0.25, 0.3) is 0 Å². The van der Waals surface area contributed by atoms with E-state index >= 15 is 0 Å². The summed E-state index contributed by atoms with van der Waals surface area (Å²) < 4.78 is 37.2. The van der Waals surface area contributed by atoms with Gasteiger partial charge >= 0.3 is 5.97 Å². The monoisotopic (exact) mass is 734 g/mol. The molecular formula is C41H67FN2O8. The number of hydrogen-bond acceptors (Lipinski definition) is 8. The Morgan fingerprint density at radius 1 is 0.942 bits per heavy atom. The highest BCUT2D eigenvalue weighted by Crippen LogP contribution is 2.32. The Hall–Kier alpha value is -3.02. The first-order chi connectivity index (χ1) is 24.8. The number of carbonyl (C=O) groups is 3. The van der Waals surface area contributed by atoms with Gasteiger partial charge in [-0.1, -0.05) is 83.1 Å². The van der Waals surface area contributed by atoms with Gasteiger partial charge in [0.15, 0.2) is 11.4 Å². The zero-order valence-electron chi connectivity index (χ0n) is 32.5. The SMILES string of the molecule is CCCCCCCC1(CCCCCC/C=C/[C@H](C(=O)N[C@@H](Cc2ccc(OCCCC)cc2)C(N)=O)[C@@](O)(CCF)C(=O)OC(C)(C)C)OCCO1. The summed E-state index contributed by atoms with van der Waals surface area (Å²) in [5, 5.41) is 14.3. The highest BCUT2D eigenvalue weighted by molar-refractivity contribution is 5.94. The average Bonchev–Trinajstić information content (AvgIpc) is 3.56. The summed E-state index contributed by atoms with van der Waals surface area (Å²) in [6.07, 6.45) is 16.4. The summed E-state index contributed by atoms with van der Waals surface area (Å²) in [4.78, 5) is 39.7. The lowest BCUT2D eigenvalue weighted by atomic mass is 9.82. The predicted octanol–water partition coefficient (Wildman–Crippen LogP) is 7.43. The normalized spacial score (nSPS) is 16.7. The Balaban J connectivity index is 2.09. The van der Waals surface area contributed by atoms with Crippen molar-refractivity contribution in [1.82, 2.24) is 5.32 Å². The number of benzene rings is 1. The molecule has 1 aromatic rings. The van der Waals surface area contributed by atoms with E-state index in [1.807, 2.05) is 0 Å². The fourth-order valence-electron chi connectivity index (χ4n) is 6.29. The number of nitrogens with one attached hydrogen (secondary N) is 1. The number of alkyl halides is 1. The van der Waals surface area contributed by atoms with E-state index in [0.717, 1.165) is 57.8 Å². The molecule has 10 nitrogen and oxygen atoms in total. The van der Waals surface area contributed by atoms with Gasteiger partial charge in [0, 0.05) is 25.7 Å². The van der Waals surface area contributed by atoms with Gasteiger partial charge in [-0.05, 0) is 70.6 Å². The summed E-state index contributed by atoms with van der Waals surface area (Å²) in [6, 6.07) is 5.97. The molecule has 296 valence electrons. The van der Waals surface area contributed by atoms with Crippen LogP contribution >= 0.6 is 0 Å². The van der Waals surface area contributed by atoms with E-state index in [9.17, 15) is 23.9 Å². The molecule has 2 rings (SSSR count). The number of primary amides is 1. The molecule has 0 saturated carbocycles. The van der Waals surface area contributed by atoms with Crippen molar-refractivity contribution in [2.75, 3.05) is 26.5 Å². The van der Waals surface area contributed by atoms with Crippen molar-refractivity contribution in [2.24, 2.45) is 11.7 Å². The minimum absolute atomic E-state index is 0.0664. The molecule has 1 heterocycles. The number of halogens is 1. The molecule has 1 aliphatic heterocycles. The summed E-state index contributed by atoms with van der Waals surface area (Å²) in [6.45, 7) is 9.93. The Bertz CT molecular complexity index is 1210. The van der Waals surface area contributed by atoms with Crippen LogP contribution < -0.4 is 15.8 Å². The molecule has 52 heavy (non-hydrogen) atoms. The highest BCUT2D eigenvalue weighted by atomic mass is 19.1. The maximum absolute atomic E-state index is 13.9. The van der Waals surface area contributed by atoms with E-state index < -0.39 is 59.8 Å². The maximum Gasteiger partial charge on any atom is 0.339 e. The molecule has 0 aliphatic carbocycles. The molecule has 0 radical (unpaired) electrons. The molecule has 1 fully saturated rings. The number of carbonyl (C=O) groups excluding carboxylic acids is 3. The summed E-state index contributed by atoms with van der Waals surface area (Å²) >= 11 is 0. The predicted molar refractivity (Wildman–Crippen MR) is 201 cm³/mol. The third kappa shape index (κ3) is 16.3. The number of rotatable bonds is 27. The number of unbranched alkanes of at least 4 members (excludes halogenated alkanes) is 9. The van der Waals surface area contributed by atoms with Crippen LogP contribution in [0.25, 0.3) is 0 Å². The third-order valence-corrected chi connectivity index (χ3v) is 9.30. The fourth-order valence-corrected chi connectivity index (χ4v) is 6.29. The van der Waals surface area contributed by atoms with Gasteiger partial charge in [-0.15, -0.1) is 0 Å². The molecule has 3 atom stereocenters. The van der Waals surface area contributed by atoms with Crippen molar-refractivity contribution in [3.05, 3.63) is 42.0 Å². The van der Waals surface area contributed by atoms with Crippen molar-refractivity contribution in [3.63, 3.8) is 0 Å². The number of amides is 2. The molecule has 1 aromatic carbocycles. The number of aliphatic hydroxyl groups is 1. The second-order valence-electron chi connectivity index (χ2n) is 15.0. The van der Waals surface area contributed by atoms with Gasteiger partial charge in [0.2, 0.25) is 11.8 Å². The van der Waals surface area contributed by atoms with Crippen LogP contribution in [-0.2, 0) is 35.0 Å². The topological polar surface area (TPSA) is 146 Å². The quantitative estimate of drug-likeness (QED) is 0.0481. The van der Waals surface area contributed by atoms with Crippen LogP contribution in [-0.4, -0.2) is 72.4 Å². The van der Waals surface area contributed by atoms with Crippen molar-refractivity contribution in [1.29, 1.82) is 0 Å². The number of ether oxygens (including phenoxy) is 4. The lowest BCUT2D eigenvalue weighted by Crippen LogP contribution is -2.57. The lowest BCUT2D eigenvalue weighted by molar-refractivity contribution is -0.184. The van der Waals surface area contributed by atoms with Gasteiger partial charge in [0.1, 0.15) is 17.4 Å². The van der Waals surface area contributed by atoms with Crippen molar-refractivity contribution in [2.45, 2.75) is 160 Å². The Morgan fingerprint density at radius 2 is 1.54 bits per heavy atom. The number of hydrogen-bond donors (Lipinski definition) is 3. The zero-order chi connectivity index (χ0) is 38.5. The third-order valence-electron chi connectivity index (χ3n) is 9.30. The van der Waals surface area contributed by atoms with E-state index in [-0.39, 0.29) is 6.42 Å². The van der Waals surface area contributed by atoms with E-state index in [2.05, 4.69) is 19.2 Å². The standard InChI is InChI=1S/C41H67FN2O8/c1-6-8-10-14-17-24-40(50-29-30-51-40)25-18-15-12-11-13-16-19-34(41(48,26-27-42)38(47)52-39(3,4)5)37(46)44-35(36(43)45)31-32-20-22-33(23-21-32)49-28-9-7-2/h16,19-23,34-35,48H,6-15,17-18,24-31H2,1-5H3,(H2,43,45)(H,44,46)/b19-16+/t34-,35+,41+/m1/s1. The van der Waals surface area contributed by atoms with Gasteiger partial charge in [-0.3, -0.25) is 14.0 Å². The summed E-state index contributed by atoms with van der Waals surface area (Å²) in [5.74, 6) is -4.07. The smallest absolute Gasteiger partial charge is 0.339 e. The van der Waals surface area contributed by atoms with Gasteiger partial charge in [0.05, 0.1) is 32.4 Å². The van der Waals surface area contributed by atoms with Gasteiger partial charge in [-0.2, -0.15) is 0 Å². The maximum atomic E-state index is 13.9. The van der Waals surface area contributed by atoms with E-state index in [1.54, 1.807) is 51.1 Å². The van der Waals surface area contributed by atoms with Crippen LogP contribution in [0.5, 0.6) is 5.75 Å². The molecule has 1 saturated heterocycles. The first-order valence-electron chi connectivity index (χ1n) is 19.6. The van der Waals surface area contributed by atoms with Crippen LogP contribution in [0.2, 0.25) is 0 Å². The van der Waals surface area contributed by atoms with Gasteiger partial charge in [-0.25, -0.2) is 4.79 Å². The van der Waals surface area contributed by atoms with Crippen LogP contribution in [0.15, 0.2) is 36.4 Å². The zero-order valence-corrected chi connectivity index (χ0v) is 32.5. The van der Waals surface area contributed by atoms with E-state index in [0.29, 0.717) is 37.6 Å². The summed E-state index contributed by atoms with van der Waals surface area (Å²) in [5.41, 5.74) is 2.89. The molecule has 0 bridgehead atoms. The van der Waals surface area contributed by atoms with Crippen molar-refractivity contribution >= 4 is 17.8 Å². The fraction of sp³-hybridized carbons (Fsp3) is 0.732. The van der Waals surface area contributed by atoms with Crippen molar-refractivity contribution in [3.8, 4) is 5.75 Å². The largest absolute Gasteiger partial charge is 0.494 e. The van der Waals surface area contributed by atoms with Crippen molar-refractivity contribution < 1.29 is 42.8 Å². The van der Waals surface area contributed by atoms with Crippen LogP contribution in [0.3, 0.4) is 0 Å². The van der Waals surface area contributed by atoms with Crippen LogP contribution in [0.1, 0.15) is 136 Å². The molecule has 11 heteroatoms. The van der Waals surface area contributed by atoms with Gasteiger partial charge < -0.3 is 35.1 Å². The molecule has 0 spiro atoms. The first kappa shape index (κ1) is 45.1. The molecule has 2 amide bonds. The minimum atomic E-state index is -2.52. The Morgan fingerprint density at radius 3 is 2.10 bits per heavy atom. The minimum Gasteiger partial charge on any atom is -0.494 e. The van der Waals surface area contributed by atoms with E-state index in [1.165, 1.54) is 31.8 Å². The molecule has 0 unspecified atom stereocenters. The second-order valence-corrected chi connectivity index (χ2v) is 15.0.